The lowest BCUT2D eigenvalue weighted by atomic mass is 9.90. The summed E-state index contributed by atoms with van der Waals surface area (Å²) in [5.74, 6) is 1.10. The molecule has 1 unspecified atom stereocenters. The highest BCUT2D eigenvalue weighted by Crippen LogP contribution is 2.31. The molecule has 3 rings (SSSR count). The van der Waals surface area contributed by atoms with Gasteiger partial charge in [-0.15, -0.1) is 0 Å². The normalized spacial score (nSPS) is 13.5. The van der Waals surface area contributed by atoms with Crippen LogP contribution >= 0.6 is 0 Å². The molecule has 1 amide bonds. The van der Waals surface area contributed by atoms with Crippen LogP contribution in [0.4, 0.5) is 0 Å². The van der Waals surface area contributed by atoms with E-state index in [1.807, 2.05) is 42.6 Å². The van der Waals surface area contributed by atoms with Crippen molar-refractivity contribution in [3.63, 3.8) is 0 Å². The number of nitrogens with one attached hydrogen (secondary N) is 2. The zero-order valence-electron chi connectivity index (χ0n) is 16.7. The lowest BCUT2D eigenvalue weighted by Gasteiger charge is -2.20. The lowest BCUT2D eigenvalue weighted by molar-refractivity contribution is -0.122. The number of H-pyrrole nitrogens is 1. The molecule has 2 aromatic carbocycles. The zero-order chi connectivity index (χ0) is 20.1. The van der Waals surface area contributed by atoms with E-state index in [0.717, 1.165) is 27.8 Å². The van der Waals surface area contributed by atoms with E-state index in [-0.39, 0.29) is 11.8 Å². The molecule has 0 fully saturated rings. The fourth-order valence-electron chi connectivity index (χ4n) is 3.57. The molecule has 148 valence electrons. The van der Waals surface area contributed by atoms with Crippen molar-refractivity contribution in [3.05, 3.63) is 65.9 Å². The molecule has 1 aromatic heterocycles. The highest BCUT2D eigenvalue weighted by atomic mass is 16.5. The third kappa shape index (κ3) is 4.54. The summed E-state index contributed by atoms with van der Waals surface area (Å²) in [5.41, 5.74) is 9.40. The van der Waals surface area contributed by atoms with Crippen molar-refractivity contribution in [3.8, 4) is 5.75 Å². The van der Waals surface area contributed by atoms with Gasteiger partial charge in [0.25, 0.3) is 0 Å². The second-order valence-corrected chi connectivity index (χ2v) is 7.60. The Morgan fingerprint density at radius 1 is 1.14 bits per heavy atom. The van der Waals surface area contributed by atoms with Gasteiger partial charge in [-0.2, -0.15) is 0 Å². The highest BCUT2D eigenvalue weighted by Gasteiger charge is 2.21. The number of carbonyl (C=O) groups excluding carboxylic acids is 1. The van der Waals surface area contributed by atoms with Crippen LogP contribution in [0, 0.1) is 5.92 Å². The topological polar surface area (TPSA) is 80.1 Å². The summed E-state index contributed by atoms with van der Waals surface area (Å²) in [6.07, 6.45) is 2.70. The van der Waals surface area contributed by atoms with Crippen LogP contribution in [0.2, 0.25) is 0 Å². The summed E-state index contributed by atoms with van der Waals surface area (Å²) in [5, 5.41) is 4.22. The average Bonchev–Trinajstić information content (AvgIpc) is 3.12. The number of nitrogens with two attached hydrogens (primary N) is 1. The van der Waals surface area contributed by atoms with E-state index in [4.69, 9.17) is 10.5 Å². The molecular weight excluding hydrogens is 350 g/mol. The molecule has 0 aliphatic heterocycles. The Kier molecular flexibility index (Phi) is 6.37. The zero-order valence-corrected chi connectivity index (χ0v) is 16.7. The molecule has 0 spiro atoms. The Bertz CT molecular complexity index is 915. The second-order valence-electron chi connectivity index (χ2n) is 7.60. The minimum Gasteiger partial charge on any atom is -0.497 e. The molecule has 4 N–H and O–H groups in total. The van der Waals surface area contributed by atoms with Crippen LogP contribution in [0.25, 0.3) is 10.9 Å². The molecule has 0 bridgehead atoms. The molecule has 28 heavy (non-hydrogen) atoms. The number of para-hydroxylation sites is 1. The number of benzene rings is 2. The molecule has 3 aromatic rings. The number of carbonyl (C=O) groups is 1. The molecule has 0 aliphatic carbocycles. The fraction of sp³-hybridized carbons (Fsp3) is 0.348. The number of amides is 1. The van der Waals surface area contributed by atoms with Crippen molar-refractivity contribution in [2.45, 2.75) is 32.2 Å². The Hall–Kier alpha value is -2.79. The smallest absolute Gasteiger partial charge is 0.236 e. The molecule has 2 atom stereocenters. The molecule has 5 heteroatoms. The number of fused-ring (bicyclic) bond motifs is 1. The average molecular weight is 380 g/mol. The number of hydrogen-bond acceptors (Lipinski definition) is 3. The maximum absolute atomic E-state index is 12.5. The number of aromatic amines is 1. The van der Waals surface area contributed by atoms with Crippen molar-refractivity contribution in [1.29, 1.82) is 0 Å². The Labute approximate surface area is 166 Å². The summed E-state index contributed by atoms with van der Waals surface area (Å²) >= 11 is 0. The summed E-state index contributed by atoms with van der Waals surface area (Å²) in [7, 11) is 1.66. The summed E-state index contributed by atoms with van der Waals surface area (Å²) in [6.45, 7) is 4.62. The first-order valence-corrected chi connectivity index (χ1v) is 9.72. The Morgan fingerprint density at radius 2 is 1.86 bits per heavy atom. The molecule has 0 saturated heterocycles. The first-order chi connectivity index (χ1) is 13.5. The van der Waals surface area contributed by atoms with Gasteiger partial charge in [-0.05, 0) is 41.7 Å². The molecule has 0 aliphatic rings. The van der Waals surface area contributed by atoms with E-state index in [1.165, 1.54) is 0 Å². The quantitative estimate of drug-likeness (QED) is 0.557. The van der Waals surface area contributed by atoms with Crippen molar-refractivity contribution in [1.82, 2.24) is 10.3 Å². The van der Waals surface area contributed by atoms with Crippen LogP contribution < -0.4 is 15.8 Å². The van der Waals surface area contributed by atoms with Gasteiger partial charge in [0.05, 0.1) is 13.2 Å². The third-order valence-electron chi connectivity index (χ3n) is 5.06. The van der Waals surface area contributed by atoms with Gasteiger partial charge in [-0.25, -0.2) is 0 Å². The first-order valence-electron chi connectivity index (χ1n) is 9.72. The Morgan fingerprint density at radius 3 is 2.54 bits per heavy atom. The fourth-order valence-corrected chi connectivity index (χ4v) is 3.57. The van der Waals surface area contributed by atoms with Crippen LogP contribution in [-0.4, -0.2) is 30.6 Å². The minimum absolute atomic E-state index is 0.0113. The minimum atomic E-state index is -0.487. The van der Waals surface area contributed by atoms with Gasteiger partial charge in [0.2, 0.25) is 5.91 Å². The molecular formula is C23H29N3O2. The molecule has 0 radical (unpaired) electrons. The molecule has 0 saturated carbocycles. The van der Waals surface area contributed by atoms with Crippen molar-refractivity contribution in [2.24, 2.45) is 11.7 Å². The van der Waals surface area contributed by atoms with E-state index in [1.54, 1.807) is 7.11 Å². The van der Waals surface area contributed by atoms with Gasteiger partial charge in [-0.1, -0.05) is 44.2 Å². The SMILES string of the molecule is COc1ccc(C(CNC(=O)[C@@H](N)CC(C)C)c2c[nH]c3ccccc23)cc1. The standard InChI is InChI=1S/C23H29N3O2/c1-15(2)12-21(24)23(27)26-13-19(16-8-10-17(28-3)11-9-16)20-14-25-22-7-5-4-6-18(20)22/h4-11,14-15,19,21,25H,12-13,24H2,1-3H3,(H,26,27)/t19?,21-/m0/s1. The number of hydrogen-bond donors (Lipinski definition) is 3. The van der Waals surface area contributed by atoms with E-state index in [9.17, 15) is 4.79 Å². The molecule has 5 nitrogen and oxygen atoms in total. The Balaban J connectivity index is 1.87. The van der Waals surface area contributed by atoms with Crippen LogP contribution in [0.5, 0.6) is 5.75 Å². The van der Waals surface area contributed by atoms with Gasteiger partial charge in [0.1, 0.15) is 5.75 Å². The van der Waals surface area contributed by atoms with Gasteiger partial charge < -0.3 is 20.8 Å². The maximum Gasteiger partial charge on any atom is 0.236 e. The van der Waals surface area contributed by atoms with E-state index < -0.39 is 6.04 Å². The van der Waals surface area contributed by atoms with Crippen LogP contribution in [0.15, 0.2) is 54.7 Å². The van der Waals surface area contributed by atoms with Crippen molar-refractivity contribution in [2.75, 3.05) is 13.7 Å². The number of rotatable bonds is 8. The number of aromatic nitrogens is 1. The molecule has 1 heterocycles. The second kappa shape index (κ2) is 8.93. The highest BCUT2D eigenvalue weighted by molar-refractivity contribution is 5.85. The summed E-state index contributed by atoms with van der Waals surface area (Å²) < 4.78 is 5.28. The third-order valence-corrected chi connectivity index (χ3v) is 5.06. The van der Waals surface area contributed by atoms with E-state index in [0.29, 0.717) is 18.9 Å². The van der Waals surface area contributed by atoms with Crippen LogP contribution in [0.1, 0.15) is 37.3 Å². The largest absolute Gasteiger partial charge is 0.497 e. The van der Waals surface area contributed by atoms with Gasteiger partial charge in [0.15, 0.2) is 0 Å². The number of methoxy groups -OCH3 is 1. The predicted octanol–water partition coefficient (Wildman–Crippen LogP) is 3.80. The van der Waals surface area contributed by atoms with Crippen LogP contribution in [-0.2, 0) is 4.79 Å². The van der Waals surface area contributed by atoms with Gasteiger partial charge in [-0.3, -0.25) is 4.79 Å². The van der Waals surface area contributed by atoms with E-state index >= 15 is 0 Å². The first kappa shape index (κ1) is 20.0. The predicted molar refractivity (Wildman–Crippen MR) is 114 cm³/mol. The summed E-state index contributed by atoms with van der Waals surface area (Å²) in [4.78, 5) is 15.8. The number of ether oxygens (including phenoxy) is 1. The van der Waals surface area contributed by atoms with Crippen LogP contribution in [0.3, 0.4) is 0 Å². The summed E-state index contributed by atoms with van der Waals surface area (Å²) in [6, 6.07) is 15.7. The lowest BCUT2D eigenvalue weighted by Crippen LogP contribution is -2.42. The van der Waals surface area contributed by atoms with Gasteiger partial charge in [0, 0.05) is 29.6 Å². The maximum atomic E-state index is 12.5. The van der Waals surface area contributed by atoms with Crippen molar-refractivity contribution < 1.29 is 9.53 Å². The van der Waals surface area contributed by atoms with Gasteiger partial charge >= 0.3 is 0 Å². The van der Waals surface area contributed by atoms with E-state index in [2.05, 4.69) is 36.3 Å². The monoisotopic (exact) mass is 379 g/mol. The van der Waals surface area contributed by atoms with Crippen molar-refractivity contribution >= 4 is 16.8 Å².